The van der Waals surface area contributed by atoms with Gasteiger partial charge in [0.05, 0.1) is 6.07 Å². The number of carbonyl (C=O) groups excluding carboxylic acids is 1. The van der Waals surface area contributed by atoms with Crippen molar-refractivity contribution in [2.24, 2.45) is 0 Å². The lowest BCUT2D eigenvalue weighted by molar-refractivity contribution is 0.0437. The number of amides is 1. The third-order valence-corrected chi connectivity index (χ3v) is 4.36. The zero-order valence-corrected chi connectivity index (χ0v) is 17.7. The van der Waals surface area contributed by atoms with Crippen LogP contribution in [-0.4, -0.2) is 35.9 Å². The normalized spacial score (nSPS) is 14.8. The molecule has 0 aromatic heterocycles. The summed E-state index contributed by atoms with van der Waals surface area (Å²) in [6.45, 7) is 10.9. The average Bonchev–Trinajstić information content (AvgIpc) is 2.74. The first-order chi connectivity index (χ1) is 13.5. The molecular formula is C23H29ClN2O2. The molecule has 0 aliphatic carbocycles. The van der Waals surface area contributed by atoms with E-state index in [1.165, 1.54) is 0 Å². The van der Waals surface area contributed by atoms with Gasteiger partial charge >= 0.3 is 0 Å². The zero-order valence-electron chi connectivity index (χ0n) is 17.0. The third kappa shape index (κ3) is 7.62. The van der Waals surface area contributed by atoms with Crippen molar-refractivity contribution >= 4 is 17.5 Å². The van der Waals surface area contributed by atoms with Crippen LogP contribution in [0.15, 0.2) is 60.4 Å². The molecule has 2 rings (SSSR count). The molecule has 0 bridgehead atoms. The largest absolute Gasteiger partial charge is 0.491 e. The second-order valence-corrected chi connectivity index (χ2v) is 6.52. The van der Waals surface area contributed by atoms with Crippen LogP contribution in [0.1, 0.15) is 42.6 Å². The van der Waals surface area contributed by atoms with E-state index in [2.05, 4.69) is 6.58 Å². The molecule has 1 aliphatic rings. The first kappa shape index (κ1) is 23.5. The number of alkyl halides is 1. The molecule has 0 atom stereocenters. The molecule has 0 radical (unpaired) electrons. The molecule has 1 aromatic carbocycles. The summed E-state index contributed by atoms with van der Waals surface area (Å²) in [6, 6.07) is 9.61. The number of nitriles is 1. The van der Waals surface area contributed by atoms with Crippen LogP contribution in [0.5, 0.6) is 0 Å². The average molecular weight is 401 g/mol. The van der Waals surface area contributed by atoms with Crippen LogP contribution in [-0.2, 0) is 4.74 Å². The van der Waals surface area contributed by atoms with E-state index in [0.717, 1.165) is 24.0 Å². The highest BCUT2D eigenvalue weighted by Gasteiger charge is 2.24. The molecular weight excluding hydrogens is 372 g/mol. The molecule has 1 aliphatic heterocycles. The van der Waals surface area contributed by atoms with Crippen molar-refractivity contribution in [3.63, 3.8) is 0 Å². The smallest absolute Gasteiger partial charge is 0.253 e. The second kappa shape index (κ2) is 12.8. The molecule has 0 spiro atoms. The van der Waals surface area contributed by atoms with Crippen LogP contribution in [0, 0.1) is 18.3 Å². The highest BCUT2D eigenvalue weighted by Crippen LogP contribution is 2.20. The molecule has 28 heavy (non-hydrogen) atoms. The maximum Gasteiger partial charge on any atom is 0.253 e. The number of nitrogens with zero attached hydrogens (tertiary/aromatic N) is 2. The van der Waals surface area contributed by atoms with Gasteiger partial charge in [-0.3, -0.25) is 4.79 Å². The van der Waals surface area contributed by atoms with Crippen LogP contribution in [0.4, 0.5) is 0 Å². The van der Waals surface area contributed by atoms with E-state index in [1.807, 2.05) is 56.0 Å². The fourth-order valence-corrected chi connectivity index (χ4v) is 2.85. The lowest BCUT2D eigenvalue weighted by Gasteiger charge is -2.32. The van der Waals surface area contributed by atoms with Crippen LogP contribution in [0.3, 0.4) is 0 Å². The quantitative estimate of drug-likeness (QED) is 0.278. The minimum absolute atomic E-state index is 0.0199. The summed E-state index contributed by atoms with van der Waals surface area (Å²) in [7, 11) is 0. The predicted molar refractivity (Wildman–Crippen MR) is 115 cm³/mol. The molecule has 1 amide bonds. The van der Waals surface area contributed by atoms with E-state index in [-0.39, 0.29) is 12.0 Å². The summed E-state index contributed by atoms with van der Waals surface area (Å²) in [4.78, 5) is 14.4. The van der Waals surface area contributed by atoms with Gasteiger partial charge in [0.1, 0.15) is 11.9 Å². The van der Waals surface area contributed by atoms with Gasteiger partial charge in [0, 0.05) is 42.9 Å². The van der Waals surface area contributed by atoms with Gasteiger partial charge in [-0.05, 0) is 37.3 Å². The molecule has 0 saturated carbocycles. The van der Waals surface area contributed by atoms with E-state index in [0.29, 0.717) is 30.3 Å². The summed E-state index contributed by atoms with van der Waals surface area (Å²) >= 11 is 5.78. The number of benzene rings is 1. The maximum atomic E-state index is 12.6. The number of ether oxygens (including phenoxy) is 1. The Hall–Kier alpha value is -2.51. The maximum absolute atomic E-state index is 12.6. The number of halogens is 1. The van der Waals surface area contributed by atoms with Gasteiger partial charge in [0.2, 0.25) is 0 Å². The van der Waals surface area contributed by atoms with E-state index < -0.39 is 0 Å². The number of carbonyl (C=O) groups is 1. The van der Waals surface area contributed by atoms with Crippen molar-refractivity contribution in [3.8, 4) is 6.07 Å². The summed E-state index contributed by atoms with van der Waals surface area (Å²) in [5, 5.41) is 8.76. The number of rotatable bonds is 6. The Morgan fingerprint density at radius 1 is 1.29 bits per heavy atom. The molecule has 0 N–H and O–H groups in total. The Bertz CT molecular complexity index is 737. The van der Waals surface area contributed by atoms with Gasteiger partial charge in [0.15, 0.2) is 0 Å². The van der Waals surface area contributed by atoms with Crippen LogP contribution < -0.4 is 0 Å². The van der Waals surface area contributed by atoms with Crippen LogP contribution >= 0.6 is 11.6 Å². The highest BCUT2D eigenvalue weighted by atomic mass is 35.5. The van der Waals surface area contributed by atoms with Crippen molar-refractivity contribution in [2.45, 2.75) is 39.7 Å². The molecule has 4 nitrogen and oxygen atoms in total. The molecule has 1 heterocycles. The van der Waals surface area contributed by atoms with Gasteiger partial charge in [-0.2, -0.15) is 5.26 Å². The van der Waals surface area contributed by atoms with Crippen LogP contribution in [0.25, 0.3) is 0 Å². The number of hydrogen-bond donors (Lipinski definition) is 0. The first-order valence-corrected chi connectivity index (χ1v) is 10.1. The number of hydrogen-bond acceptors (Lipinski definition) is 3. The van der Waals surface area contributed by atoms with Crippen molar-refractivity contribution < 1.29 is 9.53 Å². The Morgan fingerprint density at radius 2 is 1.89 bits per heavy atom. The molecule has 150 valence electrons. The van der Waals surface area contributed by atoms with E-state index in [9.17, 15) is 4.79 Å². The fraction of sp³-hybridized carbons (Fsp3) is 0.391. The first-order valence-electron chi connectivity index (χ1n) is 9.59. The molecule has 1 fully saturated rings. The number of piperidine rings is 1. The SMILES string of the molecule is C=C(C#N)/C=C\C(=C/CCl)OC1CCN(C(=O)c2ccc(C)cc2)CC1.CC. The van der Waals surface area contributed by atoms with E-state index in [1.54, 1.807) is 18.2 Å². The Balaban J connectivity index is 0.00000190. The van der Waals surface area contributed by atoms with Crippen molar-refractivity contribution in [1.29, 1.82) is 5.26 Å². The fourth-order valence-electron chi connectivity index (χ4n) is 2.70. The van der Waals surface area contributed by atoms with E-state index >= 15 is 0 Å². The highest BCUT2D eigenvalue weighted by molar-refractivity contribution is 6.18. The summed E-state index contributed by atoms with van der Waals surface area (Å²) in [5.74, 6) is 1.01. The van der Waals surface area contributed by atoms with Gasteiger partial charge in [-0.1, -0.05) is 38.1 Å². The molecule has 5 heteroatoms. The lowest BCUT2D eigenvalue weighted by Crippen LogP contribution is -2.40. The number of allylic oxidation sites excluding steroid dienone is 4. The summed E-state index contributed by atoms with van der Waals surface area (Å²) < 4.78 is 5.98. The minimum Gasteiger partial charge on any atom is -0.491 e. The standard InChI is InChI=1S/C21H23ClN2O2.C2H6/c1-16-3-6-18(7-4-16)21(25)24-13-10-20(11-14-24)26-19(9-12-22)8-5-17(2)15-23;1-2/h3-9,20H,2,10-14H2,1H3;1-2H3/b8-5-,19-9+;. The Kier molecular flexibility index (Phi) is 10.8. The molecule has 1 aromatic rings. The topological polar surface area (TPSA) is 53.3 Å². The minimum atomic E-state index is 0.0199. The van der Waals surface area contributed by atoms with Gasteiger partial charge in [-0.25, -0.2) is 0 Å². The summed E-state index contributed by atoms with van der Waals surface area (Å²) in [6.07, 6.45) is 6.60. The monoisotopic (exact) mass is 400 g/mol. The van der Waals surface area contributed by atoms with Crippen molar-refractivity contribution in [3.05, 3.63) is 71.5 Å². The third-order valence-electron chi connectivity index (χ3n) is 4.20. The second-order valence-electron chi connectivity index (χ2n) is 6.21. The van der Waals surface area contributed by atoms with Gasteiger partial charge in [0.25, 0.3) is 5.91 Å². The number of aryl methyl sites for hydroxylation is 1. The molecule has 0 unspecified atom stereocenters. The Morgan fingerprint density at radius 3 is 2.43 bits per heavy atom. The van der Waals surface area contributed by atoms with Gasteiger partial charge in [-0.15, -0.1) is 11.6 Å². The van der Waals surface area contributed by atoms with Crippen molar-refractivity contribution in [2.75, 3.05) is 19.0 Å². The predicted octanol–water partition coefficient (Wildman–Crippen LogP) is 5.40. The van der Waals surface area contributed by atoms with E-state index in [4.69, 9.17) is 21.6 Å². The van der Waals surface area contributed by atoms with Gasteiger partial charge < -0.3 is 9.64 Å². The van der Waals surface area contributed by atoms with Crippen molar-refractivity contribution in [1.82, 2.24) is 4.90 Å². The number of likely N-dealkylation sites (tertiary alicyclic amines) is 1. The summed E-state index contributed by atoms with van der Waals surface area (Å²) in [5.41, 5.74) is 2.21. The van der Waals surface area contributed by atoms with Crippen LogP contribution in [0.2, 0.25) is 0 Å². The Labute approximate surface area is 173 Å². The lowest BCUT2D eigenvalue weighted by atomic mass is 10.1. The zero-order chi connectivity index (χ0) is 20.9. The molecule has 1 saturated heterocycles.